The summed E-state index contributed by atoms with van der Waals surface area (Å²) < 4.78 is 4.54. The van der Waals surface area contributed by atoms with Gasteiger partial charge in [0.15, 0.2) is 0 Å². The molecule has 0 unspecified atom stereocenters. The van der Waals surface area contributed by atoms with Crippen molar-refractivity contribution < 1.29 is 4.74 Å². The summed E-state index contributed by atoms with van der Waals surface area (Å²) in [4.78, 5) is 4.51. The standard InChI is InChI=1S/C7H18N2.C3H8O.C2H6/c1-5-9(4)7-6-8(2)3;1-3-4-2;1-2/h5-7H2,1-4H3;3H2,1-2H3;1-2H3. The zero-order chi connectivity index (χ0) is 12.7. The Labute approximate surface area is 97.4 Å². The number of likely N-dealkylation sites (N-methyl/N-ethyl adjacent to an activating group) is 2. The van der Waals surface area contributed by atoms with Gasteiger partial charge in [0.1, 0.15) is 0 Å². The van der Waals surface area contributed by atoms with Gasteiger partial charge in [-0.1, -0.05) is 20.8 Å². The normalized spacial score (nSPS) is 9.20. The Hall–Kier alpha value is -0.120. The Balaban J connectivity index is -0.000000202. The summed E-state index contributed by atoms with van der Waals surface area (Å²) in [6.07, 6.45) is 0. The van der Waals surface area contributed by atoms with Crippen molar-refractivity contribution in [1.29, 1.82) is 0 Å². The SMILES string of the molecule is CC.CCN(C)CCN(C)C.CCOC. The molecule has 0 amide bonds. The first-order valence-corrected chi connectivity index (χ1v) is 5.90. The lowest BCUT2D eigenvalue weighted by atomic mass is 10.5. The lowest BCUT2D eigenvalue weighted by molar-refractivity contribution is 0.215. The van der Waals surface area contributed by atoms with Crippen LogP contribution in [-0.2, 0) is 4.74 Å². The van der Waals surface area contributed by atoms with Crippen molar-refractivity contribution in [2.45, 2.75) is 27.7 Å². The summed E-state index contributed by atoms with van der Waals surface area (Å²) in [5.74, 6) is 0. The van der Waals surface area contributed by atoms with Crippen LogP contribution in [-0.4, -0.2) is 64.3 Å². The van der Waals surface area contributed by atoms with E-state index in [1.165, 1.54) is 6.54 Å². The molecule has 0 N–H and O–H groups in total. The highest BCUT2D eigenvalue weighted by Crippen LogP contribution is 1.81. The largest absolute Gasteiger partial charge is 0.385 e. The molecule has 0 aliphatic carbocycles. The highest BCUT2D eigenvalue weighted by molar-refractivity contribution is 4.49. The van der Waals surface area contributed by atoms with Crippen molar-refractivity contribution in [1.82, 2.24) is 9.80 Å². The molecule has 0 aliphatic heterocycles. The zero-order valence-corrected chi connectivity index (χ0v) is 12.1. The smallest absolute Gasteiger partial charge is 0.0433 e. The predicted molar refractivity (Wildman–Crippen MR) is 70.6 cm³/mol. The molecule has 0 fully saturated rings. The molecule has 0 aromatic carbocycles. The molecule has 0 aromatic rings. The van der Waals surface area contributed by atoms with Crippen LogP contribution in [0.2, 0.25) is 0 Å². The molecule has 0 bridgehead atoms. The van der Waals surface area contributed by atoms with Crippen molar-refractivity contribution in [3.8, 4) is 0 Å². The number of ether oxygens (including phenoxy) is 1. The van der Waals surface area contributed by atoms with E-state index in [1.807, 2.05) is 20.8 Å². The molecule has 0 atom stereocenters. The highest BCUT2D eigenvalue weighted by atomic mass is 16.5. The molecule has 96 valence electrons. The van der Waals surface area contributed by atoms with E-state index in [-0.39, 0.29) is 0 Å². The van der Waals surface area contributed by atoms with E-state index >= 15 is 0 Å². The average Bonchev–Trinajstić information content (AvgIpc) is 2.28. The number of hydrogen-bond donors (Lipinski definition) is 0. The van der Waals surface area contributed by atoms with Crippen LogP contribution in [0.1, 0.15) is 27.7 Å². The van der Waals surface area contributed by atoms with Gasteiger partial charge in [0.25, 0.3) is 0 Å². The first-order chi connectivity index (χ1) is 7.08. The fraction of sp³-hybridized carbons (Fsp3) is 1.00. The fourth-order valence-electron chi connectivity index (χ4n) is 0.529. The molecule has 0 radical (unpaired) electrons. The lowest BCUT2D eigenvalue weighted by Gasteiger charge is -2.16. The van der Waals surface area contributed by atoms with Crippen molar-refractivity contribution >= 4 is 0 Å². The number of hydrogen-bond acceptors (Lipinski definition) is 3. The maximum absolute atomic E-state index is 4.54. The van der Waals surface area contributed by atoms with Gasteiger partial charge in [-0.25, -0.2) is 0 Å². The van der Waals surface area contributed by atoms with Crippen LogP contribution in [0.4, 0.5) is 0 Å². The fourth-order valence-corrected chi connectivity index (χ4v) is 0.529. The molecule has 0 rings (SSSR count). The summed E-state index contributed by atoms with van der Waals surface area (Å²) in [7, 11) is 8.02. The Kier molecular flexibility index (Phi) is 26.3. The lowest BCUT2D eigenvalue weighted by Crippen LogP contribution is -2.28. The van der Waals surface area contributed by atoms with Gasteiger partial charge < -0.3 is 14.5 Å². The van der Waals surface area contributed by atoms with Crippen LogP contribution in [0.3, 0.4) is 0 Å². The molecule has 3 heteroatoms. The summed E-state index contributed by atoms with van der Waals surface area (Å²) in [5, 5.41) is 0. The first-order valence-electron chi connectivity index (χ1n) is 5.90. The minimum Gasteiger partial charge on any atom is -0.385 e. The maximum atomic E-state index is 4.54. The Morgan fingerprint density at radius 1 is 0.933 bits per heavy atom. The minimum atomic E-state index is 0.819. The molecule has 0 aliphatic rings. The van der Waals surface area contributed by atoms with Gasteiger partial charge in [0.05, 0.1) is 0 Å². The second-order valence-corrected chi connectivity index (χ2v) is 3.28. The van der Waals surface area contributed by atoms with Crippen molar-refractivity contribution in [2.75, 3.05) is 54.5 Å². The summed E-state index contributed by atoms with van der Waals surface area (Å²) in [5.41, 5.74) is 0. The Morgan fingerprint density at radius 2 is 1.33 bits per heavy atom. The van der Waals surface area contributed by atoms with E-state index in [1.54, 1.807) is 7.11 Å². The quantitative estimate of drug-likeness (QED) is 0.706. The Morgan fingerprint density at radius 3 is 1.53 bits per heavy atom. The van der Waals surface area contributed by atoms with E-state index < -0.39 is 0 Å². The second kappa shape index (κ2) is 19.5. The van der Waals surface area contributed by atoms with Crippen molar-refractivity contribution in [3.63, 3.8) is 0 Å². The Bertz CT molecular complexity index is 85.7. The molecule has 0 saturated carbocycles. The van der Waals surface area contributed by atoms with E-state index in [0.717, 1.165) is 19.7 Å². The van der Waals surface area contributed by atoms with Gasteiger partial charge in [0, 0.05) is 26.8 Å². The van der Waals surface area contributed by atoms with Crippen LogP contribution in [0.15, 0.2) is 0 Å². The van der Waals surface area contributed by atoms with Crippen molar-refractivity contribution in [2.24, 2.45) is 0 Å². The number of methoxy groups -OCH3 is 1. The van der Waals surface area contributed by atoms with Gasteiger partial charge in [-0.05, 0) is 34.6 Å². The number of nitrogens with zero attached hydrogens (tertiary/aromatic N) is 2. The third kappa shape index (κ3) is 31.5. The molecular weight excluding hydrogens is 188 g/mol. The van der Waals surface area contributed by atoms with Crippen LogP contribution < -0.4 is 0 Å². The number of rotatable bonds is 5. The zero-order valence-electron chi connectivity index (χ0n) is 12.1. The van der Waals surface area contributed by atoms with Crippen LogP contribution in [0.5, 0.6) is 0 Å². The summed E-state index contributed by atoms with van der Waals surface area (Å²) >= 11 is 0. The molecule has 0 saturated heterocycles. The van der Waals surface area contributed by atoms with Gasteiger partial charge in [0.2, 0.25) is 0 Å². The second-order valence-electron chi connectivity index (χ2n) is 3.28. The van der Waals surface area contributed by atoms with E-state index in [2.05, 4.69) is 42.6 Å². The first kappa shape index (κ1) is 20.3. The molecule has 3 nitrogen and oxygen atoms in total. The highest BCUT2D eigenvalue weighted by Gasteiger charge is 1.93. The average molecular weight is 220 g/mol. The van der Waals surface area contributed by atoms with Crippen LogP contribution >= 0.6 is 0 Å². The van der Waals surface area contributed by atoms with Crippen LogP contribution in [0, 0.1) is 0 Å². The molecule has 0 spiro atoms. The van der Waals surface area contributed by atoms with E-state index in [4.69, 9.17) is 0 Å². The molecular formula is C12H32N2O. The summed E-state index contributed by atoms with van der Waals surface area (Å²) in [6.45, 7) is 12.4. The van der Waals surface area contributed by atoms with Gasteiger partial charge in [-0.15, -0.1) is 0 Å². The third-order valence-corrected chi connectivity index (χ3v) is 1.76. The van der Waals surface area contributed by atoms with Crippen molar-refractivity contribution in [3.05, 3.63) is 0 Å². The molecule has 15 heavy (non-hydrogen) atoms. The molecule has 0 heterocycles. The van der Waals surface area contributed by atoms with E-state index in [9.17, 15) is 0 Å². The monoisotopic (exact) mass is 220 g/mol. The van der Waals surface area contributed by atoms with E-state index in [0.29, 0.717) is 0 Å². The summed E-state index contributed by atoms with van der Waals surface area (Å²) in [6, 6.07) is 0. The van der Waals surface area contributed by atoms with Gasteiger partial charge in [-0.3, -0.25) is 0 Å². The molecule has 0 aromatic heterocycles. The maximum Gasteiger partial charge on any atom is 0.0433 e. The topological polar surface area (TPSA) is 15.7 Å². The predicted octanol–water partition coefficient (Wildman–Crippen LogP) is 2.18. The third-order valence-electron chi connectivity index (χ3n) is 1.76. The van der Waals surface area contributed by atoms with Crippen LogP contribution in [0.25, 0.3) is 0 Å². The van der Waals surface area contributed by atoms with Gasteiger partial charge >= 0.3 is 0 Å². The minimum absolute atomic E-state index is 0.819. The van der Waals surface area contributed by atoms with Gasteiger partial charge in [-0.2, -0.15) is 0 Å².